The standard InChI is InChI=1S/C26H25NO4/c1-19-6-12-22(13-7-19)24(28)23-5-3-17-27(23)16-2-4-20-8-10-21(11-9-20)18-31-26(14-15-26)25(29)30/h2-13,17H,14-16,18H2,1H3,(H,29,30). The first-order valence-electron chi connectivity index (χ1n) is 10.4. The van der Waals surface area contributed by atoms with Gasteiger partial charge in [0.15, 0.2) is 5.60 Å². The molecule has 2 aromatic carbocycles. The quantitative estimate of drug-likeness (QED) is 0.506. The van der Waals surface area contributed by atoms with E-state index >= 15 is 0 Å². The Kier molecular flexibility index (Phi) is 5.87. The number of carboxylic acids is 1. The Balaban J connectivity index is 1.35. The van der Waals surface area contributed by atoms with Crippen molar-refractivity contribution in [3.8, 4) is 0 Å². The van der Waals surface area contributed by atoms with Crippen molar-refractivity contribution in [2.75, 3.05) is 0 Å². The molecule has 5 nitrogen and oxygen atoms in total. The molecule has 1 heterocycles. The van der Waals surface area contributed by atoms with Crippen molar-refractivity contribution in [3.05, 3.63) is 101 Å². The summed E-state index contributed by atoms with van der Waals surface area (Å²) >= 11 is 0. The minimum Gasteiger partial charge on any atom is -0.479 e. The number of hydrogen-bond acceptors (Lipinski definition) is 3. The van der Waals surface area contributed by atoms with Crippen LogP contribution in [0, 0.1) is 6.92 Å². The van der Waals surface area contributed by atoms with Gasteiger partial charge in [0.25, 0.3) is 0 Å². The molecule has 1 aliphatic rings. The van der Waals surface area contributed by atoms with Crippen molar-refractivity contribution in [1.29, 1.82) is 0 Å². The Bertz CT molecular complexity index is 1100. The van der Waals surface area contributed by atoms with Crippen LogP contribution in [0.25, 0.3) is 6.08 Å². The van der Waals surface area contributed by atoms with E-state index in [-0.39, 0.29) is 5.78 Å². The van der Waals surface area contributed by atoms with Crippen LogP contribution < -0.4 is 0 Å². The van der Waals surface area contributed by atoms with Crippen molar-refractivity contribution in [2.24, 2.45) is 0 Å². The van der Waals surface area contributed by atoms with Gasteiger partial charge in [-0.15, -0.1) is 0 Å². The van der Waals surface area contributed by atoms with E-state index < -0.39 is 11.6 Å². The van der Waals surface area contributed by atoms with Crippen molar-refractivity contribution in [2.45, 2.75) is 38.5 Å². The van der Waals surface area contributed by atoms with Crippen molar-refractivity contribution >= 4 is 17.8 Å². The van der Waals surface area contributed by atoms with Gasteiger partial charge < -0.3 is 14.4 Å². The van der Waals surface area contributed by atoms with Gasteiger partial charge in [0.1, 0.15) is 0 Å². The monoisotopic (exact) mass is 415 g/mol. The molecule has 0 amide bonds. The lowest BCUT2D eigenvalue weighted by molar-refractivity contribution is -0.154. The molecular weight excluding hydrogens is 390 g/mol. The number of benzene rings is 2. The lowest BCUT2D eigenvalue weighted by Gasteiger charge is -2.11. The number of carboxylic acid groups (broad SMARTS) is 1. The number of ether oxygens (including phenoxy) is 1. The van der Waals surface area contributed by atoms with Gasteiger partial charge >= 0.3 is 5.97 Å². The first-order chi connectivity index (χ1) is 15.0. The minimum absolute atomic E-state index is 0.0116. The number of hydrogen-bond donors (Lipinski definition) is 1. The van der Waals surface area contributed by atoms with Crippen LogP contribution in [0.2, 0.25) is 0 Å². The Morgan fingerprint density at radius 3 is 2.42 bits per heavy atom. The van der Waals surface area contributed by atoms with E-state index in [0.717, 1.165) is 16.7 Å². The van der Waals surface area contributed by atoms with Crippen LogP contribution in [0.1, 0.15) is 45.6 Å². The zero-order valence-electron chi connectivity index (χ0n) is 17.5. The van der Waals surface area contributed by atoms with Crippen LogP contribution >= 0.6 is 0 Å². The number of aliphatic carboxylic acids is 1. The second-order valence-corrected chi connectivity index (χ2v) is 7.97. The van der Waals surface area contributed by atoms with Gasteiger partial charge in [-0.25, -0.2) is 4.79 Å². The van der Waals surface area contributed by atoms with Crippen LogP contribution in [-0.4, -0.2) is 27.0 Å². The molecule has 158 valence electrons. The Hall–Kier alpha value is -3.44. The van der Waals surface area contributed by atoms with Gasteiger partial charge in [-0.05, 0) is 43.0 Å². The van der Waals surface area contributed by atoms with Gasteiger partial charge in [-0.3, -0.25) is 4.79 Å². The summed E-state index contributed by atoms with van der Waals surface area (Å²) in [6.07, 6.45) is 7.09. The third kappa shape index (κ3) is 4.84. The summed E-state index contributed by atoms with van der Waals surface area (Å²) in [6.45, 7) is 2.89. The number of nitrogens with zero attached hydrogens (tertiary/aromatic N) is 1. The van der Waals surface area contributed by atoms with E-state index in [9.17, 15) is 14.7 Å². The largest absolute Gasteiger partial charge is 0.479 e. The summed E-state index contributed by atoms with van der Waals surface area (Å²) < 4.78 is 7.52. The molecule has 3 aromatic rings. The molecule has 0 aliphatic heterocycles. The smallest absolute Gasteiger partial charge is 0.335 e. The van der Waals surface area contributed by atoms with E-state index in [1.165, 1.54) is 0 Å². The minimum atomic E-state index is -0.969. The van der Waals surface area contributed by atoms with Crippen molar-refractivity contribution < 1.29 is 19.4 Å². The lowest BCUT2D eigenvalue weighted by Crippen LogP contribution is -2.25. The summed E-state index contributed by atoms with van der Waals surface area (Å²) in [4.78, 5) is 24.0. The number of aromatic nitrogens is 1. The predicted octanol–water partition coefficient (Wildman–Crippen LogP) is 4.87. The lowest BCUT2D eigenvalue weighted by atomic mass is 10.1. The number of rotatable bonds is 9. The average molecular weight is 415 g/mol. The average Bonchev–Trinajstić information content (AvgIpc) is 3.44. The number of carbonyl (C=O) groups is 2. The molecule has 5 heteroatoms. The van der Waals surface area contributed by atoms with E-state index in [0.29, 0.717) is 37.3 Å². The molecule has 1 N–H and O–H groups in total. The fourth-order valence-corrected chi connectivity index (χ4v) is 3.41. The molecular formula is C26H25NO4. The summed E-state index contributed by atoms with van der Waals surface area (Å²) in [5.74, 6) is -0.866. The first-order valence-corrected chi connectivity index (χ1v) is 10.4. The summed E-state index contributed by atoms with van der Waals surface area (Å²) in [7, 11) is 0. The highest BCUT2D eigenvalue weighted by molar-refractivity contribution is 6.08. The van der Waals surface area contributed by atoms with E-state index in [4.69, 9.17) is 4.74 Å². The maximum absolute atomic E-state index is 12.8. The maximum atomic E-state index is 12.8. The van der Waals surface area contributed by atoms with Gasteiger partial charge in [-0.2, -0.15) is 0 Å². The third-order valence-corrected chi connectivity index (χ3v) is 5.58. The van der Waals surface area contributed by atoms with Gasteiger partial charge in [0, 0.05) is 18.3 Å². The Labute approximate surface area is 181 Å². The second kappa shape index (κ2) is 8.74. The fourth-order valence-electron chi connectivity index (χ4n) is 3.41. The highest BCUT2D eigenvalue weighted by Crippen LogP contribution is 2.40. The van der Waals surface area contributed by atoms with E-state index in [1.807, 2.05) is 90.5 Å². The van der Waals surface area contributed by atoms with Crippen LogP contribution in [0.5, 0.6) is 0 Å². The molecule has 0 saturated heterocycles. The van der Waals surface area contributed by atoms with Crippen molar-refractivity contribution in [3.63, 3.8) is 0 Å². The highest BCUT2D eigenvalue weighted by atomic mass is 16.5. The van der Waals surface area contributed by atoms with Crippen LogP contribution in [0.15, 0.2) is 72.9 Å². The number of ketones is 1. The molecule has 31 heavy (non-hydrogen) atoms. The number of carbonyl (C=O) groups excluding carboxylic acids is 1. The molecule has 0 radical (unpaired) electrons. The summed E-state index contributed by atoms with van der Waals surface area (Å²) in [5.41, 5.74) is 3.48. The maximum Gasteiger partial charge on any atom is 0.335 e. The van der Waals surface area contributed by atoms with Crippen LogP contribution in [0.4, 0.5) is 0 Å². The van der Waals surface area contributed by atoms with Gasteiger partial charge in [0.05, 0.1) is 12.3 Å². The normalized spacial score (nSPS) is 14.6. The third-order valence-electron chi connectivity index (χ3n) is 5.58. The first kappa shape index (κ1) is 20.8. The van der Waals surface area contributed by atoms with Gasteiger partial charge in [-0.1, -0.05) is 66.2 Å². The zero-order valence-corrected chi connectivity index (χ0v) is 17.5. The van der Waals surface area contributed by atoms with Crippen molar-refractivity contribution in [1.82, 2.24) is 4.57 Å². The highest BCUT2D eigenvalue weighted by Gasteiger charge is 2.51. The van der Waals surface area contributed by atoms with Crippen LogP contribution in [0.3, 0.4) is 0 Å². The summed E-state index contributed by atoms with van der Waals surface area (Å²) in [5, 5.41) is 9.17. The summed E-state index contributed by atoms with van der Waals surface area (Å²) in [6, 6.07) is 19.2. The molecule has 0 unspecified atom stereocenters. The number of allylic oxidation sites excluding steroid dienone is 1. The topological polar surface area (TPSA) is 68.5 Å². The van der Waals surface area contributed by atoms with E-state index in [2.05, 4.69) is 0 Å². The second-order valence-electron chi connectivity index (χ2n) is 7.97. The molecule has 1 fully saturated rings. The molecule has 1 aliphatic carbocycles. The molecule has 0 spiro atoms. The molecule has 4 rings (SSSR count). The number of aryl methyl sites for hydroxylation is 1. The SMILES string of the molecule is Cc1ccc(C(=O)c2cccn2CC=Cc2ccc(COC3(C(=O)O)CC3)cc2)cc1. The fraction of sp³-hybridized carbons (Fsp3) is 0.231. The van der Waals surface area contributed by atoms with Crippen LogP contribution in [-0.2, 0) is 22.7 Å². The van der Waals surface area contributed by atoms with Gasteiger partial charge in [0.2, 0.25) is 5.78 Å². The zero-order chi connectivity index (χ0) is 21.8. The Morgan fingerprint density at radius 2 is 1.77 bits per heavy atom. The molecule has 1 saturated carbocycles. The predicted molar refractivity (Wildman–Crippen MR) is 119 cm³/mol. The molecule has 0 bridgehead atoms. The molecule has 1 aromatic heterocycles. The molecule has 0 atom stereocenters. The van der Waals surface area contributed by atoms with E-state index in [1.54, 1.807) is 0 Å². The Morgan fingerprint density at radius 1 is 1.06 bits per heavy atom.